The van der Waals surface area contributed by atoms with Gasteiger partial charge in [-0.25, -0.2) is 14.4 Å². The number of rotatable bonds is 9. The van der Waals surface area contributed by atoms with Crippen molar-refractivity contribution < 1.29 is 39.3 Å². The van der Waals surface area contributed by atoms with Gasteiger partial charge in [0, 0.05) is 16.3 Å². The number of aryl methyl sites for hydroxylation is 1. The molecule has 0 aromatic heterocycles. The number of benzene rings is 3. The first-order chi connectivity index (χ1) is 17.0. The highest BCUT2D eigenvalue weighted by atomic mass is 32.2. The number of anilines is 2. The average Bonchev–Trinajstić information content (AvgIpc) is 2.83. The van der Waals surface area contributed by atoms with Gasteiger partial charge in [0.05, 0.1) is 28.0 Å². The van der Waals surface area contributed by atoms with Gasteiger partial charge in [-0.2, -0.15) is 0 Å². The second kappa shape index (κ2) is 11.2. The van der Waals surface area contributed by atoms with Crippen LogP contribution < -0.4 is 10.6 Å². The Bertz CT molecular complexity index is 1390. The molecular formula is C25H20N2O8S. The van der Waals surface area contributed by atoms with E-state index in [0.717, 1.165) is 18.2 Å². The number of amides is 2. The van der Waals surface area contributed by atoms with Crippen molar-refractivity contribution in [2.24, 2.45) is 0 Å². The zero-order valence-electron chi connectivity index (χ0n) is 18.8. The molecule has 184 valence electrons. The monoisotopic (exact) mass is 508 g/mol. The highest BCUT2D eigenvalue weighted by Gasteiger charge is 2.19. The first kappa shape index (κ1) is 26.0. The fraction of sp³-hybridized carbons (Fsp3) is 0.0800. The average molecular weight is 509 g/mol. The minimum absolute atomic E-state index is 0.00789. The molecule has 0 heterocycles. The third-order valence-electron chi connectivity index (χ3n) is 4.96. The number of nitrogens with one attached hydrogen (secondary N) is 2. The second-order valence-electron chi connectivity index (χ2n) is 7.52. The third-order valence-corrected chi connectivity index (χ3v) is 5.96. The Labute approximate surface area is 209 Å². The number of carbonyl (C=O) groups is 5. The highest BCUT2D eigenvalue weighted by molar-refractivity contribution is 8.00. The zero-order chi connectivity index (χ0) is 26.4. The molecule has 3 aromatic rings. The van der Waals surface area contributed by atoms with E-state index < -0.39 is 29.4 Å². The van der Waals surface area contributed by atoms with Crippen LogP contribution >= 0.6 is 11.8 Å². The Kier molecular flexibility index (Phi) is 8.07. The molecule has 3 aromatic carbocycles. The highest BCUT2D eigenvalue weighted by Crippen LogP contribution is 2.24. The maximum atomic E-state index is 12.7. The quantitative estimate of drug-likeness (QED) is 0.267. The Morgan fingerprint density at radius 3 is 2.08 bits per heavy atom. The number of carbonyl (C=O) groups excluding carboxylic acids is 2. The lowest BCUT2D eigenvalue weighted by molar-refractivity contribution is -0.113. The lowest BCUT2D eigenvalue weighted by atomic mass is 10.0. The van der Waals surface area contributed by atoms with Crippen molar-refractivity contribution in [1.82, 2.24) is 0 Å². The molecule has 0 atom stereocenters. The summed E-state index contributed by atoms with van der Waals surface area (Å²) >= 11 is 1.18. The minimum atomic E-state index is -1.44. The summed E-state index contributed by atoms with van der Waals surface area (Å²) in [6, 6.07) is 14.1. The van der Waals surface area contributed by atoms with Crippen molar-refractivity contribution in [3.05, 3.63) is 88.5 Å². The lowest BCUT2D eigenvalue weighted by Gasteiger charge is -2.11. The topological polar surface area (TPSA) is 170 Å². The number of hydrogen-bond acceptors (Lipinski definition) is 6. The van der Waals surface area contributed by atoms with Gasteiger partial charge in [0.1, 0.15) is 0 Å². The van der Waals surface area contributed by atoms with E-state index in [2.05, 4.69) is 10.6 Å². The Morgan fingerprint density at radius 1 is 0.750 bits per heavy atom. The molecule has 3 rings (SSSR count). The number of thioether (sulfide) groups is 1. The van der Waals surface area contributed by atoms with Crippen LogP contribution in [-0.4, -0.2) is 50.8 Å². The molecule has 10 nitrogen and oxygen atoms in total. The van der Waals surface area contributed by atoms with Crippen LogP contribution in [0.1, 0.15) is 47.0 Å². The van der Waals surface area contributed by atoms with Gasteiger partial charge in [-0.15, -0.1) is 11.8 Å². The number of carboxylic acids is 3. The molecule has 0 aliphatic carbocycles. The molecule has 0 saturated carbocycles. The molecule has 11 heteroatoms. The van der Waals surface area contributed by atoms with Crippen molar-refractivity contribution in [3.8, 4) is 0 Å². The first-order valence-electron chi connectivity index (χ1n) is 10.3. The van der Waals surface area contributed by atoms with Crippen LogP contribution in [0.3, 0.4) is 0 Å². The van der Waals surface area contributed by atoms with Crippen LogP contribution in [-0.2, 0) is 4.79 Å². The Morgan fingerprint density at radius 2 is 1.42 bits per heavy atom. The maximum absolute atomic E-state index is 12.7. The summed E-state index contributed by atoms with van der Waals surface area (Å²) in [7, 11) is 0. The molecule has 0 aliphatic rings. The molecule has 0 aliphatic heterocycles. The zero-order valence-corrected chi connectivity index (χ0v) is 19.6. The van der Waals surface area contributed by atoms with Gasteiger partial charge in [0.25, 0.3) is 5.91 Å². The van der Waals surface area contributed by atoms with E-state index in [4.69, 9.17) is 10.2 Å². The van der Waals surface area contributed by atoms with E-state index >= 15 is 0 Å². The summed E-state index contributed by atoms with van der Waals surface area (Å²) in [4.78, 5) is 59.5. The van der Waals surface area contributed by atoms with Gasteiger partial charge < -0.3 is 26.0 Å². The summed E-state index contributed by atoms with van der Waals surface area (Å²) in [6.45, 7) is 1.74. The largest absolute Gasteiger partial charge is 0.478 e. The molecule has 0 saturated heterocycles. The molecule has 0 fully saturated rings. The van der Waals surface area contributed by atoms with Gasteiger partial charge in [0.2, 0.25) is 5.91 Å². The van der Waals surface area contributed by atoms with Crippen LogP contribution in [0.5, 0.6) is 0 Å². The minimum Gasteiger partial charge on any atom is -0.478 e. The standard InChI is InChI=1S/C25H20N2O8S/c1-13-5-6-15(24(32)33)10-20(13)27-21(28)12-36-17-4-2-3-16(11-17)26-22(29)18-8-7-14(23(30)31)9-19(18)25(34)35/h2-11H,12H2,1H3,(H,26,29)(H,27,28)(H,30,31)(H,32,33)(H,34,35). The van der Waals surface area contributed by atoms with Gasteiger partial charge >= 0.3 is 17.9 Å². The summed E-state index contributed by atoms with van der Waals surface area (Å²) in [5.41, 5.74) is 0.584. The Hall–Kier alpha value is -4.64. The van der Waals surface area contributed by atoms with Crippen LogP contribution in [0.25, 0.3) is 0 Å². The SMILES string of the molecule is Cc1ccc(C(=O)O)cc1NC(=O)CSc1cccc(NC(=O)c2ccc(C(=O)O)cc2C(=O)O)c1. The van der Waals surface area contributed by atoms with Gasteiger partial charge in [-0.05, 0) is 61.0 Å². The molecule has 0 radical (unpaired) electrons. The lowest BCUT2D eigenvalue weighted by Crippen LogP contribution is -2.17. The predicted molar refractivity (Wildman–Crippen MR) is 132 cm³/mol. The van der Waals surface area contributed by atoms with E-state index in [-0.39, 0.29) is 28.4 Å². The molecule has 5 N–H and O–H groups in total. The summed E-state index contributed by atoms with van der Waals surface area (Å²) in [5.74, 6) is -4.95. The van der Waals surface area contributed by atoms with E-state index in [1.54, 1.807) is 37.3 Å². The van der Waals surface area contributed by atoms with Crippen LogP contribution in [0.15, 0.2) is 65.6 Å². The fourth-order valence-electron chi connectivity index (χ4n) is 3.14. The van der Waals surface area contributed by atoms with E-state index in [9.17, 15) is 29.1 Å². The maximum Gasteiger partial charge on any atom is 0.336 e. The summed E-state index contributed by atoms with van der Waals surface area (Å²) < 4.78 is 0. The van der Waals surface area contributed by atoms with E-state index in [1.165, 1.54) is 23.9 Å². The number of hydrogen-bond donors (Lipinski definition) is 5. The first-order valence-corrected chi connectivity index (χ1v) is 11.3. The van der Waals surface area contributed by atoms with Gasteiger partial charge in [-0.3, -0.25) is 9.59 Å². The predicted octanol–water partition coefficient (Wildman–Crippen LogP) is 4.07. The Balaban J connectivity index is 1.67. The second-order valence-corrected chi connectivity index (χ2v) is 8.57. The van der Waals surface area contributed by atoms with Crippen LogP contribution in [0.2, 0.25) is 0 Å². The number of carboxylic acid groups (broad SMARTS) is 3. The van der Waals surface area contributed by atoms with Crippen LogP contribution in [0, 0.1) is 6.92 Å². The normalized spacial score (nSPS) is 10.4. The number of aromatic carboxylic acids is 3. The van der Waals surface area contributed by atoms with E-state index in [0.29, 0.717) is 21.8 Å². The molecule has 0 bridgehead atoms. The van der Waals surface area contributed by atoms with Gasteiger partial charge in [0.15, 0.2) is 0 Å². The smallest absolute Gasteiger partial charge is 0.336 e. The van der Waals surface area contributed by atoms with Crippen molar-refractivity contribution in [2.75, 3.05) is 16.4 Å². The fourth-order valence-corrected chi connectivity index (χ4v) is 3.89. The van der Waals surface area contributed by atoms with Crippen molar-refractivity contribution in [2.45, 2.75) is 11.8 Å². The molecule has 2 amide bonds. The van der Waals surface area contributed by atoms with E-state index in [1.807, 2.05) is 0 Å². The third kappa shape index (κ3) is 6.48. The molecular weight excluding hydrogens is 488 g/mol. The molecule has 0 spiro atoms. The summed E-state index contributed by atoms with van der Waals surface area (Å²) in [5, 5.41) is 32.8. The van der Waals surface area contributed by atoms with Gasteiger partial charge in [-0.1, -0.05) is 12.1 Å². The summed E-state index contributed by atoms with van der Waals surface area (Å²) in [6.07, 6.45) is 0. The van der Waals surface area contributed by atoms with Crippen molar-refractivity contribution in [3.63, 3.8) is 0 Å². The molecule has 0 unspecified atom stereocenters. The van der Waals surface area contributed by atoms with Crippen molar-refractivity contribution >= 4 is 52.9 Å². The van der Waals surface area contributed by atoms with Crippen LogP contribution in [0.4, 0.5) is 11.4 Å². The molecule has 36 heavy (non-hydrogen) atoms. The van der Waals surface area contributed by atoms with Crippen molar-refractivity contribution in [1.29, 1.82) is 0 Å².